The number of aliphatic carboxylic acids is 1. The summed E-state index contributed by atoms with van der Waals surface area (Å²) < 4.78 is 35.1. The topological polar surface area (TPSA) is 66.8 Å². The molecule has 0 bridgehead atoms. The Labute approximate surface area is 210 Å². The van der Waals surface area contributed by atoms with Gasteiger partial charge in [-0.25, -0.2) is 13.6 Å². The van der Waals surface area contributed by atoms with Gasteiger partial charge >= 0.3 is 5.97 Å². The van der Waals surface area contributed by atoms with Crippen LogP contribution in [0.4, 0.5) is 8.78 Å². The van der Waals surface area contributed by atoms with Gasteiger partial charge in [0.15, 0.2) is 11.6 Å². The molecular weight excluding hydrogens is 484 g/mol. The van der Waals surface area contributed by atoms with Gasteiger partial charge in [-0.15, -0.1) is 11.3 Å². The lowest BCUT2D eigenvalue weighted by Gasteiger charge is -2.21. The van der Waals surface area contributed by atoms with E-state index in [4.69, 9.17) is 4.74 Å². The van der Waals surface area contributed by atoms with Gasteiger partial charge in [0.1, 0.15) is 18.4 Å². The first-order chi connectivity index (χ1) is 17.3. The number of nitrogens with zero attached hydrogens (tertiary/aromatic N) is 1. The fraction of sp³-hybridized carbons (Fsp3) is 0.214. The molecule has 3 aromatic carbocycles. The summed E-state index contributed by atoms with van der Waals surface area (Å²) in [6.07, 6.45) is 1.13. The van der Waals surface area contributed by atoms with Crippen LogP contribution in [0.3, 0.4) is 0 Å². The second-order valence-corrected chi connectivity index (χ2v) is 9.73. The minimum absolute atomic E-state index is 0.211. The van der Waals surface area contributed by atoms with E-state index < -0.39 is 23.6 Å². The average molecular weight is 508 g/mol. The van der Waals surface area contributed by atoms with E-state index in [9.17, 15) is 23.5 Å². The van der Waals surface area contributed by atoms with Crippen molar-refractivity contribution in [2.24, 2.45) is 0 Å². The summed E-state index contributed by atoms with van der Waals surface area (Å²) in [6.45, 7) is 2.40. The summed E-state index contributed by atoms with van der Waals surface area (Å²) in [5.74, 6) is -2.40. The van der Waals surface area contributed by atoms with E-state index in [1.165, 1.54) is 22.3 Å². The maximum atomic E-state index is 14.3. The zero-order valence-corrected chi connectivity index (χ0v) is 20.3. The van der Waals surface area contributed by atoms with Crippen molar-refractivity contribution in [1.29, 1.82) is 0 Å². The van der Waals surface area contributed by atoms with Gasteiger partial charge in [-0.1, -0.05) is 24.3 Å². The normalized spacial score (nSPS) is 15.4. The second-order valence-electron chi connectivity index (χ2n) is 8.85. The van der Waals surface area contributed by atoms with Gasteiger partial charge in [0.05, 0.1) is 0 Å². The van der Waals surface area contributed by atoms with Gasteiger partial charge in [0.2, 0.25) is 0 Å². The molecule has 0 unspecified atom stereocenters. The van der Waals surface area contributed by atoms with Crippen LogP contribution in [0.2, 0.25) is 0 Å². The molecule has 0 spiro atoms. The molecular formula is C28H23F2NO4S. The van der Waals surface area contributed by atoms with Crippen LogP contribution in [0.15, 0.2) is 60.0 Å². The predicted molar refractivity (Wildman–Crippen MR) is 134 cm³/mol. The van der Waals surface area contributed by atoms with Crippen LogP contribution < -0.4 is 4.74 Å². The Kier molecular flexibility index (Phi) is 6.45. The van der Waals surface area contributed by atoms with Gasteiger partial charge in [-0.05, 0) is 72.2 Å². The van der Waals surface area contributed by atoms with Gasteiger partial charge in [0, 0.05) is 27.8 Å². The number of rotatable bonds is 6. The number of amides is 1. The summed E-state index contributed by atoms with van der Waals surface area (Å²) in [5, 5.41) is 11.5. The molecule has 8 heteroatoms. The number of carbonyl (C=O) groups excluding carboxylic acids is 1. The molecule has 1 saturated heterocycles. The molecule has 1 amide bonds. The number of likely N-dealkylation sites (tertiary alicyclic amines) is 1. The van der Waals surface area contributed by atoms with Gasteiger partial charge in [-0.2, -0.15) is 0 Å². The molecule has 0 aliphatic carbocycles. The Balaban J connectivity index is 1.30. The van der Waals surface area contributed by atoms with Crippen molar-refractivity contribution < 1.29 is 28.2 Å². The minimum atomic E-state index is -0.984. The first-order valence-corrected chi connectivity index (χ1v) is 12.4. The average Bonchev–Trinajstić information content (AvgIpc) is 3.53. The summed E-state index contributed by atoms with van der Waals surface area (Å²) in [7, 11) is 0. The lowest BCUT2D eigenvalue weighted by atomic mass is 10.0. The van der Waals surface area contributed by atoms with E-state index in [1.54, 1.807) is 49.4 Å². The van der Waals surface area contributed by atoms with Crippen LogP contribution >= 0.6 is 11.3 Å². The van der Waals surface area contributed by atoms with Gasteiger partial charge in [0.25, 0.3) is 5.91 Å². The van der Waals surface area contributed by atoms with E-state index >= 15 is 0 Å². The molecule has 2 heterocycles. The number of aryl methyl sites for hydroxylation is 1. The lowest BCUT2D eigenvalue weighted by Crippen LogP contribution is -2.40. The Hall–Kier alpha value is -3.78. The number of benzene rings is 3. The summed E-state index contributed by atoms with van der Waals surface area (Å²) >= 11 is 1.38. The van der Waals surface area contributed by atoms with Crippen LogP contribution in [0, 0.1) is 18.6 Å². The fourth-order valence-corrected chi connectivity index (χ4v) is 5.71. The summed E-state index contributed by atoms with van der Waals surface area (Å²) in [4.78, 5) is 25.7. The van der Waals surface area contributed by atoms with Crippen molar-refractivity contribution >= 4 is 33.3 Å². The largest absolute Gasteiger partial charge is 0.489 e. The van der Waals surface area contributed by atoms with Crippen molar-refractivity contribution in [1.82, 2.24) is 4.90 Å². The number of fused-ring (bicyclic) bond motifs is 1. The number of hydrogen-bond donors (Lipinski definition) is 1. The molecule has 1 atom stereocenters. The van der Waals surface area contributed by atoms with Crippen molar-refractivity contribution in [3.8, 4) is 16.9 Å². The molecule has 5 rings (SSSR count). The minimum Gasteiger partial charge on any atom is -0.489 e. The molecule has 0 radical (unpaired) electrons. The van der Waals surface area contributed by atoms with E-state index in [1.807, 2.05) is 11.4 Å². The van der Waals surface area contributed by atoms with Crippen molar-refractivity contribution in [2.75, 3.05) is 6.54 Å². The number of ether oxygens (including phenoxy) is 1. The number of halogens is 2. The zero-order valence-electron chi connectivity index (χ0n) is 19.5. The third kappa shape index (κ3) is 4.44. The van der Waals surface area contributed by atoms with Crippen LogP contribution in [-0.2, 0) is 11.4 Å². The molecule has 1 N–H and O–H groups in total. The van der Waals surface area contributed by atoms with Crippen LogP contribution in [0.5, 0.6) is 5.75 Å². The van der Waals surface area contributed by atoms with E-state index in [-0.39, 0.29) is 12.5 Å². The highest BCUT2D eigenvalue weighted by atomic mass is 32.1. The number of carboxylic acids is 1. The molecule has 5 nitrogen and oxygen atoms in total. The van der Waals surface area contributed by atoms with E-state index in [2.05, 4.69) is 0 Å². The molecule has 1 aliphatic heterocycles. The number of carboxylic acid groups (broad SMARTS) is 1. The second kappa shape index (κ2) is 9.70. The highest BCUT2D eigenvalue weighted by Crippen LogP contribution is 2.38. The van der Waals surface area contributed by atoms with E-state index in [0.29, 0.717) is 51.9 Å². The number of thiophene rings is 1. The molecule has 36 heavy (non-hydrogen) atoms. The number of carbonyl (C=O) groups is 2. The molecule has 4 aromatic rings. The standard InChI is InChI=1S/C28H23F2NO4S/c1-16-15-36-26-21(13-22(29)25(30)24(16)26)18-7-9-20(10-8-18)35-14-17-4-2-5-19(12-17)27(32)31-11-3-6-23(31)28(33)34/h2,4-5,7-10,12-13,15,23H,3,6,11,14H2,1H3,(H,33,34)/t23-/m0/s1. The maximum Gasteiger partial charge on any atom is 0.326 e. The van der Waals surface area contributed by atoms with Crippen molar-refractivity contribution in [3.05, 3.63) is 88.3 Å². The van der Waals surface area contributed by atoms with Crippen molar-refractivity contribution in [2.45, 2.75) is 32.4 Å². The Morgan fingerprint density at radius 3 is 2.67 bits per heavy atom. The highest BCUT2D eigenvalue weighted by Gasteiger charge is 2.34. The molecule has 0 saturated carbocycles. The monoisotopic (exact) mass is 507 g/mol. The molecule has 1 aliphatic rings. The first-order valence-electron chi connectivity index (χ1n) is 11.5. The highest BCUT2D eigenvalue weighted by molar-refractivity contribution is 7.18. The Morgan fingerprint density at radius 2 is 1.92 bits per heavy atom. The third-order valence-corrected chi connectivity index (χ3v) is 7.59. The third-order valence-electron chi connectivity index (χ3n) is 6.46. The SMILES string of the molecule is Cc1csc2c(-c3ccc(OCc4cccc(C(=O)N5CCC[C@H]5C(=O)O)c4)cc3)cc(F)c(F)c12. The quantitative estimate of drug-likeness (QED) is 0.327. The smallest absolute Gasteiger partial charge is 0.326 e. The lowest BCUT2D eigenvalue weighted by molar-refractivity contribution is -0.141. The van der Waals surface area contributed by atoms with Crippen LogP contribution in [0.1, 0.15) is 34.3 Å². The Bertz CT molecular complexity index is 1460. The van der Waals surface area contributed by atoms with Crippen molar-refractivity contribution in [3.63, 3.8) is 0 Å². The fourth-order valence-electron chi connectivity index (χ4n) is 4.63. The van der Waals surface area contributed by atoms with Gasteiger partial charge in [-0.3, -0.25) is 4.79 Å². The zero-order chi connectivity index (χ0) is 25.4. The first kappa shape index (κ1) is 23.9. The molecule has 1 aromatic heterocycles. The van der Waals surface area contributed by atoms with Crippen LogP contribution in [0.25, 0.3) is 21.2 Å². The summed E-state index contributed by atoms with van der Waals surface area (Å²) in [5.41, 5.74) is 3.28. The molecule has 1 fully saturated rings. The number of hydrogen-bond acceptors (Lipinski definition) is 4. The molecule has 184 valence electrons. The Morgan fingerprint density at radius 1 is 1.14 bits per heavy atom. The summed E-state index contributed by atoms with van der Waals surface area (Å²) in [6, 6.07) is 14.5. The van der Waals surface area contributed by atoms with E-state index in [0.717, 1.165) is 11.1 Å². The van der Waals surface area contributed by atoms with Gasteiger partial charge < -0.3 is 14.7 Å². The van der Waals surface area contributed by atoms with Crippen LogP contribution in [-0.4, -0.2) is 34.5 Å². The maximum absolute atomic E-state index is 14.3. The predicted octanol–water partition coefficient (Wildman–Crippen LogP) is 6.42.